The quantitative estimate of drug-likeness (QED) is 0.266. The number of aliphatic imine (C=N–C) groups is 1. The lowest BCUT2D eigenvalue weighted by atomic mass is 9.86. The number of nitriles is 1. The van der Waals surface area contributed by atoms with Gasteiger partial charge in [-0.15, -0.1) is 0 Å². The van der Waals surface area contributed by atoms with Gasteiger partial charge in [0.25, 0.3) is 0 Å². The number of urea groups is 1. The minimum atomic E-state index is -0.427. The molecule has 0 unspecified atom stereocenters. The lowest BCUT2D eigenvalue weighted by molar-refractivity contribution is 0.120. The van der Waals surface area contributed by atoms with Crippen molar-refractivity contribution in [1.29, 1.82) is 5.26 Å². The van der Waals surface area contributed by atoms with Gasteiger partial charge in [-0.1, -0.05) is 74.3 Å². The highest BCUT2D eigenvalue weighted by atomic mass is 35.5. The van der Waals surface area contributed by atoms with Gasteiger partial charge in [0.05, 0.1) is 24.3 Å². The smallest absolute Gasteiger partial charge is 0.326 e. The predicted octanol–water partition coefficient (Wildman–Crippen LogP) is 7.89. The average Bonchev–Trinajstić information content (AvgIpc) is 3.40. The molecule has 2 heterocycles. The van der Waals surface area contributed by atoms with Crippen LogP contribution >= 0.6 is 23.2 Å². The Morgan fingerprint density at radius 2 is 1.57 bits per heavy atom. The number of hydrogen-bond acceptors (Lipinski definition) is 5. The van der Waals surface area contributed by atoms with Crippen LogP contribution < -0.4 is 4.74 Å². The van der Waals surface area contributed by atoms with Crippen molar-refractivity contribution in [3.8, 4) is 11.8 Å². The van der Waals surface area contributed by atoms with E-state index in [4.69, 9.17) is 38.2 Å². The van der Waals surface area contributed by atoms with Crippen LogP contribution in [0.25, 0.3) is 0 Å². The molecule has 0 aliphatic carbocycles. The summed E-state index contributed by atoms with van der Waals surface area (Å²) in [5.74, 6) is 1.27. The Hall–Kier alpha value is -3.57. The normalized spacial score (nSPS) is 19.1. The highest BCUT2D eigenvalue weighted by molar-refractivity contribution is 6.30. The van der Waals surface area contributed by atoms with E-state index in [9.17, 15) is 4.79 Å². The van der Waals surface area contributed by atoms with Crippen LogP contribution in [-0.4, -0.2) is 65.9 Å². The number of piperazine rings is 1. The topological polar surface area (TPSA) is 72.2 Å². The zero-order valence-corrected chi connectivity index (χ0v) is 27.3. The van der Waals surface area contributed by atoms with E-state index in [1.807, 2.05) is 71.3 Å². The van der Waals surface area contributed by atoms with Crippen molar-refractivity contribution in [1.82, 2.24) is 14.7 Å². The lowest BCUT2D eigenvalue weighted by Gasteiger charge is -2.39. The summed E-state index contributed by atoms with van der Waals surface area (Å²) in [5, 5.41) is 10.3. The molecule has 0 spiro atoms. The number of benzene rings is 3. The highest BCUT2D eigenvalue weighted by Gasteiger charge is 2.45. The van der Waals surface area contributed by atoms with Crippen LogP contribution in [0.1, 0.15) is 68.5 Å². The maximum absolute atomic E-state index is 14.7. The molecule has 1 fully saturated rings. The minimum absolute atomic E-state index is 0.0831. The largest absolute Gasteiger partial charge is 0.493 e. The SMILES string of the molecule is CCOc1cc(C(C)(C)C)ccc1C1=N[C@@H](c2ccc(Cl)cc2)[C@@H](c2ccc(Cl)cc2)N1C(=O)N1CCN(CCC#N)CC1. The van der Waals surface area contributed by atoms with Gasteiger partial charge in [-0.3, -0.25) is 14.8 Å². The molecule has 0 radical (unpaired) electrons. The molecule has 0 N–H and O–H groups in total. The van der Waals surface area contributed by atoms with Crippen LogP contribution in [0.2, 0.25) is 10.0 Å². The van der Waals surface area contributed by atoms with Crippen molar-refractivity contribution < 1.29 is 9.53 Å². The molecular formula is C35H39Cl2N5O2. The zero-order valence-electron chi connectivity index (χ0n) is 25.8. The molecule has 3 aromatic rings. The van der Waals surface area contributed by atoms with Crippen LogP contribution in [-0.2, 0) is 5.41 Å². The van der Waals surface area contributed by atoms with Crippen LogP contribution in [0.4, 0.5) is 4.79 Å². The predicted molar refractivity (Wildman–Crippen MR) is 177 cm³/mol. The van der Waals surface area contributed by atoms with E-state index in [2.05, 4.69) is 43.9 Å². The van der Waals surface area contributed by atoms with Crippen molar-refractivity contribution in [3.63, 3.8) is 0 Å². The molecule has 2 amide bonds. The molecule has 9 heteroatoms. The Balaban J connectivity index is 1.64. The number of rotatable bonds is 7. The molecule has 0 aromatic heterocycles. The number of ether oxygens (including phenoxy) is 1. The second-order valence-corrected chi connectivity index (χ2v) is 13.1. The van der Waals surface area contributed by atoms with E-state index in [1.165, 1.54) is 0 Å². The molecule has 44 heavy (non-hydrogen) atoms. The van der Waals surface area contributed by atoms with Gasteiger partial charge in [-0.2, -0.15) is 5.26 Å². The summed E-state index contributed by atoms with van der Waals surface area (Å²) in [7, 11) is 0. The fraction of sp³-hybridized carbons (Fsp3) is 0.400. The minimum Gasteiger partial charge on any atom is -0.493 e. The van der Waals surface area contributed by atoms with Crippen LogP contribution in [0.5, 0.6) is 5.75 Å². The number of carbonyl (C=O) groups excluding carboxylic acids is 1. The van der Waals surface area contributed by atoms with Gasteiger partial charge in [-0.25, -0.2) is 4.79 Å². The van der Waals surface area contributed by atoms with E-state index in [-0.39, 0.29) is 17.5 Å². The highest BCUT2D eigenvalue weighted by Crippen LogP contribution is 2.46. The van der Waals surface area contributed by atoms with Gasteiger partial charge < -0.3 is 9.64 Å². The second kappa shape index (κ2) is 13.6. The number of halogens is 2. The summed E-state index contributed by atoms with van der Waals surface area (Å²) >= 11 is 12.6. The number of amidine groups is 1. The Morgan fingerprint density at radius 3 is 2.14 bits per heavy atom. The van der Waals surface area contributed by atoms with Crippen molar-refractivity contribution in [2.45, 2.75) is 51.6 Å². The number of carbonyl (C=O) groups is 1. The third-order valence-electron chi connectivity index (χ3n) is 8.27. The molecular weight excluding hydrogens is 593 g/mol. The van der Waals surface area contributed by atoms with Gasteiger partial charge in [-0.05, 0) is 65.4 Å². The van der Waals surface area contributed by atoms with Crippen LogP contribution in [0, 0.1) is 11.3 Å². The van der Waals surface area contributed by atoms with Gasteiger partial charge in [0.1, 0.15) is 17.6 Å². The molecule has 1 saturated heterocycles. The van der Waals surface area contributed by atoms with E-state index < -0.39 is 6.04 Å². The zero-order chi connectivity index (χ0) is 31.4. The van der Waals surface area contributed by atoms with Crippen molar-refractivity contribution in [2.24, 2.45) is 4.99 Å². The van der Waals surface area contributed by atoms with Gasteiger partial charge >= 0.3 is 6.03 Å². The molecule has 7 nitrogen and oxygen atoms in total. The second-order valence-electron chi connectivity index (χ2n) is 12.2. The Labute approximate surface area is 270 Å². The van der Waals surface area contributed by atoms with Crippen molar-refractivity contribution >= 4 is 35.1 Å². The van der Waals surface area contributed by atoms with Crippen molar-refractivity contribution in [3.05, 3.63) is 99.0 Å². The molecule has 2 aliphatic heterocycles. The van der Waals surface area contributed by atoms with Gasteiger partial charge in [0, 0.05) is 49.2 Å². The number of hydrogen-bond donors (Lipinski definition) is 0. The fourth-order valence-corrected chi connectivity index (χ4v) is 6.08. The number of amides is 2. The van der Waals surface area contributed by atoms with E-state index in [0.29, 0.717) is 67.4 Å². The van der Waals surface area contributed by atoms with E-state index in [0.717, 1.165) is 22.3 Å². The number of nitrogens with zero attached hydrogens (tertiary/aromatic N) is 5. The first kappa shape index (κ1) is 31.8. The van der Waals surface area contributed by atoms with E-state index >= 15 is 0 Å². The first-order valence-corrected chi connectivity index (χ1v) is 15.9. The summed E-state index contributed by atoms with van der Waals surface area (Å²) in [6.07, 6.45) is 0.475. The first-order chi connectivity index (χ1) is 21.1. The van der Waals surface area contributed by atoms with Crippen molar-refractivity contribution in [2.75, 3.05) is 39.3 Å². The molecule has 3 aromatic carbocycles. The molecule has 2 atom stereocenters. The lowest BCUT2D eigenvalue weighted by Crippen LogP contribution is -2.54. The summed E-state index contributed by atoms with van der Waals surface area (Å²) in [5.41, 5.74) is 3.71. The van der Waals surface area contributed by atoms with Gasteiger partial charge in [0.15, 0.2) is 0 Å². The monoisotopic (exact) mass is 631 g/mol. The molecule has 2 aliphatic rings. The molecule has 0 saturated carbocycles. The maximum Gasteiger partial charge on any atom is 0.326 e. The summed E-state index contributed by atoms with van der Waals surface area (Å²) < 4.78 is 6.22. The van der Waals surface area contributed by atoms with E-state index in [1.54, 1.807) is 0 Å². The summed E-state index contributed by atoms with van der Waals surface area (Å²) in [6.45, 7) is 12.2. The molecule has 230 valence electrons. The third-order valence-corrected chi connectivity index (χ3v) is 8.77. The Morgan fingerprint density at radius 1 is 0.955 bits per heavy atom. The Kier molecular flexibility index (Phi) is 9.84. The van der Waals surface area contributed by atoms with Crippen LogP contribution in [0.3, 0.4) is 0 Å². The average molecular weight is 633 g/mol. The molecule has 0 bridgehead atoms. The van der Waals surface area contributed by atoms with Gasteiger partial charge in [0.2, 0.25) is 0 Å². The molecule has 5 rings (SSSR count). The fourth-order valence-electron chi connectivity index (χ4n) is 5.83. The van der Waals surface area contributed by atoms with Crippen LogP contribution in [0.15, 0.2) is 71.7 Å². The Bertz CT molecular complexity index is 1540. The summed E-state index contributed by atoms with van der Waals surface area (Å²) in [6, 6.07) is 22.8. The third kappa shape index (κ3) is 6.89. The standard InChI is InChI=1S/C35H39Cl2N5O2/c1-5-44-30-23-26(35(2,3)4)11-16-29(30)33-39-31(24-7-12-27(36)13-8-24)32(25-9-14-28(37)15-10-25)42(33)34(43)41-21-19-40(20-22-41)18-6-17-38/h7-16,23,31-32H,5-6,18-22H2,1-4H3/t31-,32+/m0/s1. The maximum atomic E-state index is 14.7. The first-order valence-electron chi connectivity index (χ1n) is 15.1. The summed E-state index contributed by atoms with van der Waals surface area (Å²) in [4.78, 5) is 26.0.